The van der Waals surface area contributed by atoms with Gasteiger partial charge in [0, 0.05) is 0 Å². The minimum atomic E-state index is -1.33. The Morgan fingerprint density at radius 1 is 1.30 bits per heavy atom. The van der Waals surface area contributed by atoms with E-state index >= 15 is 0 Å². The second-order valence-electron chi connectivity index (χ2n) is 4.90. The van der Waals surface area contributed by atoms with Crippen molar-refractivity contribution in [3.63, 3.8) is 0 Å². The van der Waals surface area contributed by atoms with Gasteiger partial charge in [-0.15, -0.1) is 0 Å². The fraction of sp³-hybridized carbons (Fsp3) is 0.250. The highest BCUT2D eigenvalue weighted by Crippen LogP contribution is 2.20. The van der Waals surface area contributed by atoms with Crippen LogP contribution in [0.25, 0.3) is 0 Å². The third-order valence-electron chi connectivity index (χ3n) is 3.31. The fourth-order valence-electron chi connectivity index (χ4n) is 2.06. The number of benzene rings is 1. The molecule has 0 saturated heterocycles. The lowest BCUT2D eigenvalue weighted by molar-refractivity contribution is 0.0931. The van der Waals surface area contributed by atoms with E-state index in [-0.39, 0.29) is 16.9 Å². The highest BCUT2D eigenvalue weighted by molar-refractivity contribution is 7.90. The summed E-state index contributed by atoms with van der Waals surface area (Å²) in [7, 11) is 1.59. The van der Waals surface area contributed by atoms with Crippen molar-refractivity contribution in [2.75, 3.05) is 13.4 Å². The highest BCUT2D eigenvalue weighted by atomic mass is 35.5. The predicted octanol–water partition coefficient (Wildman–Crippen LogP) is 2.97. The molecule has 23 heavy (non-hydrogen) atoms. The van der Waals surface area contributed by atoms with Gasteiger partial charge in [-0.2, -0.15) is 0 Å². The molecular formula is C16H17ClN2O3S. The Morgan fingerprint density at radius 3 is 2.52 bits per heavy atom. The van der Waals surface area contributed by atoms with E-state index in [1.807, 2.05) is 31.2 Å². The zero-order valence-electron chi connectivity index (χ0n) is 13.0. The molecule has 0 radical (unpaired) electrons. The molecular weight excluding hydrogens is 336 g/mol. The van der Waals surface area contributed by atoms with Crippen LogP contribution in [0.2, 0.25) is 5.15 Å². The molecule has 2 atom stereocenters. The number of nitrogens with zero attached hydrogens (tertiary/aromatic N) is 1. The normalized spacial score (nSPS) is 13.3. The minimum Gasteiger partial charge on any atom is -0.612 e. The van der Waals surface area contributed by atoms with Crippen molar-refractivity contribution in [2.45, 2.75) is 17.9 Å². The van der Waals surface area contributed by atoms with Crippen LogP contribution >= 0.6 is 11.6 Å². The van der Waals surface area contributed by atoms with E-state index in [2.05, 4.69) is 10.3 Å². The molecule has 0 unspecified atom stereocenters. The van der Waals surface area contributed by atoms with Crippen LogP contribution in [0.1, 0.15) is 29.0 Å². The first-order chi connectivity index (χ1) is 10.9. The number of carbonyl (C=O) groups is 1. The number of hydrogen-bond acceptors (Lipinski definition) is 4. The van der Waals surface area contributed by atoms with E-state index in [4.69, 9.17) is 16.3 Å². The average Bonchev–Trinajstić information content (AvgIpc) is 2.54. The molecule has 2 rings (SSSR count). The van der Waals surface area contributed by atoms with Gasteiger partial charge in [-0.25, -0.2) is 4.98 Å². The molecule has 5 nitrogen and oxygen atoms in total. The Labute approximate surface area is 143 Å². The van der Waals surface area contributed by atoms with Crippen molar-refractivity contribution < 1.29 is 14.1 Å². The summed E-state index contributed by atoms with van der Waals surface area (Å²) in [5.41, 5.74) is 0.999. The smallest absolute Gasteiger partial charge is 0.275 e. The molecule has 0 bridgehead atoms. The summed E-state index contributed by atoms with van der Waals surface area (Å²) >= 11 is 4.52. The van der Waals surface area contributed by atoms with Gasteiger partial charge in [-0.05, 0) is 47.9 Å². The van der Waals surface area contributed by atoms with E-state index in [0.29, 0.717) is 4.90 Å². The highest BCUT2D eigenvalue weighted by Gasteiger charge is 2.22. The number of carbonyl (C=O) groups excluding carboxylic acids is 1. The Morgan fingerprint density at radius 2 is 1.96 bits per heavy atom. The van der Waals surface area contributed by atoms with Gasteiger partial charge < -0.3 is 14.6 Å². The second-order valence-corrected chi connectivity index (χ2v) is 6.64. The van der Waals surface area contributed by atoms with Crippen LogP contribution in [0.3, 0.4) is 0 Å². The van der Waals surface area contributed by atoms with E-state index in [0.717, 1.165) is 11.3 Å². The summed E-state index contributed by atoms with van der Waals surface area (Å²) in [6.45, 7) is 1.85. The first kappa shape index (κ1) is 17.6. The number of methoxy groups -OCH3 is 1. The molecule has 1 heterocycles. The van der Waals surface area contributed by atoms with Crippen molar-refractivity contribution in [1.82, 2.24) is 10.3 Å². The Kier molecular flexibility index (Phi) is 5.87. The molecule has 1 aromatic heterocycles. The third kappa shape index (κ3) is 4.37. The van der Waals surface area contributed by atoms with Gasteiger partial charge in [0.2, 0.25) is 0 Å². The van der Waals surface area contributed by atoms with Crippen LogP contribution in [0.15, 0.2) is 41.3 Å². The van der Waals surface area contributed by atoms with Crippen LogP contribution in [0, 0.1) is 0 Å². The molecule has 1 aromatic carbocycles. The molecule has 122 valence electrons. The molecule has 0 spiro atoms. The fourth-order valence-corrected chi connectivity index (χ4v) is 2.88. The Bertz CT molecular complexity index is 692. The van der Waals surface area contributed by atoms with Crippen LogP contribution < -0.4 is 10.1 Å². The van der Waals surface area contributed by atoms with Gasteiger partial charge in [0.1, 0.15) is 17.2 Å². The first-order valence-corrected chi connectivity index (χ1v) is 8.80. The quantitative estimate of drug-likeness (QED) is 0.663. The van der Waals surface area contributed by atoms with E-state index in [1.54, 1.807) is 13.2 Å². The predicted molar refractivity (Wildman–Crippen MR) is 90.5 cm³/mol. The van der Waals surface area contributed by atoms with Crippen LogP contribution in [0.5, 0.6) is 5.75 Å². The third-order valence-corrected chi connectivity index (χ3v) is 4.47. The zero-order valence-corrected chi connectivity index (χ0v) is 14.6. The molecule has 0 fully saturated rings. The van der Waals surface area contributed by atoms with Crippen LogP contribution in [-0.2, 0) is 11.2 Å². The number of rotatable bonds is 5. The van der Waals surface area contributed by atoms with E-state index in [1.165, 1.54) is 12.3 Å². The minimum absolute atomic E-state index is 0.0821. The summed E-state index contributed by atoms with van der Waals surface area (Å²) < 4.78 is 16.9. The number of halogens is 1. The van der Waals surface area contributed by atoms with Gasteiger partial charge in [0.15, 0.2) is 10.6 Å². The SMILES string of the molecule is COc1ccc([C@@H](C)NC(=O)c2nc(Cl)ccc2[S@@+](C)[O-])cc1. The topological polar surface area (TPSA) is 74.3 Å². The summed E-state index contributed by atoms with van der Waals surface area (Å²) in [6.07, 6.45) is 1.49. The number of amides is 1. The Hall–Kier alpha value is -1.76. The molecule has 0 saturated carbocycles. The Balaban J connectivity index is 2.19. The van der Waals surface area contributed by atoms with Crippen LogP contribution in [-0.4, -0.2) is 28.8 Å². The van der Waals surface area contributed by atoms with E-state index < -0.39 is 17.1 Å². The average molecular weight is 353 g/mol. The number of aromatic nitrogens is 1. The van der Waals surface area contributed by atoms with Crippen molar-refractivity contribution >= 4 is 28.7 Å². The molecule has 0 aliphatic rings. The van der Waals surface area contributed by atoms with Crippen LogP contribution in [0.4, 0.5) is 0 Å². The number of pyridine rings is 1. The standard InChI is InChI=1S/C16H17ClN2O3S/c1-10(11-4-6-12(22-2)7-5-11)18-16(20)15-13(23(3)21)8-9-14(17)19-15/h4-10H,1-3H3,(H,18,20)/t10-,23-/m1/s1. The lowest BCUT2D eigenvalue weighted by Gasteiger charge is -2.16. The van der Waals surface area contributed by atoms with Crippen molar-refractivity contribution in [1.29, 1.82) is 0 Å². The summed E-state index contributed by atoms with van der Waals surface area (Å²) in [4.78, 5) is 16.8. The van der Waals surface area contributed by atoms with Crippen molar-refractivity contribution in [2.24, 2.45) is 0 Å². The lowest BCUT2D eigenvalue weighted by atomic mass is 10.1. The second kappa shape index (κ2) is 7.68. The van der Waals surface area contributed by atoms with Crippen molar-refractivity contribution in [3.8, 4) is 5.75 Å². The van der Waals surface area contributed by atoms with Gasteiger partial charge in [0.05, 0.1) is 13.2 Å². The number of hydrogen-bond donors (Lipinski definition) is 1. The number of ether oxygens (including phenoxy) is 1. The maximum atomic E-state index is 12.4. The first-order valence-electron chi connectivity index (χ1n) is 6.87. The maximum absolute atomic E-state index is 12.4. The molecule has 0 aliphatic heterocycles. The zero-order chi connectivity index (χ0) is 17.0. The van der Waals surface area contributed by atoms with Gasteiger partial charge in [-0.3, -0.25) is 4.79 Å². The van der Waals surface area contributed by atoms with Crippen molar-refractivity contribution in [3.05, 3.63) is 52.8 Å². The van der Waals surface area contributed by atoms with E-state index in [9.17, 15) is 9.35 Å². The number of nitrogens with one attached hydrogen (secondary N) is 1. The van der Waals surface area contributed by atoms with Gasteiger partial charge in [-0.1, -0.05) is 23.7 Å². The molecule has 1 N–H and O–H groups in total. The molecule has 0 aliphatic carbocycles. The molecule has 7 heteroatoms. The summed E-state index contributed by atoms with van der Waals surface area (Å²) in [6, 6.07) is 10.2. The molecule has 2 aromatic rings. The van der Waals surface area contributed by atoms with Gasteiger partial charge in [0.25, 0.3) is 5.91 Å². The molecule has 1 amide bonds. The lowest BCUT2D eigenvalue weighted by Crippen LogP contribution is -2.29. The summed E-state index contributed by atoms with van der Waals surface area (Å²) in [5, 5.41) is 3.02. The maximum Gasteiger partial charge on any atom is 0.275 e. The van der Waals surface area contributed by atoms with Gasteiger partial charge >= 0.3 is 0 Å². The monoisotopic (exact) mass is 352 g/mol. The largest absolute Gasteiger partial charge is 0.612 e. The summed E-state index contributed by atoms with van der Waals surface area (Å²) in [5.74, 6) is 0.327.